The number of rotatable bonds is 10. The number of methoxy groups -OCH3 is 1. The molecule has 2 aromatic carbocycles. The minimum Gasteiger partial charge on any atom is -1.00 e. The predicted octanol–water partition coefficient (Wildman–Crippen LogP) is 1.49. The summed E-state index contributed by atoms with van der Waals surface area (Å²) in [5, 5.41) is 10.3. The minimum atomic E-state index is -0.472. The Morgan fingerprint density at radius 2 is 1.73 bits per heavy atom. The van der Waals surface area contributed by atoms with Crippen LogP contribution < -0.4 is 26.5 Å². The van der Waals surface area contributed by atoms with Crippen LogP contribution in [-0.2, 0) is 5.41 Å². The van der Waals surface area contributed by atoms with Crippen LogP contribution in [0.3, 0.4) is 0 Å². The number of nitrogens with zero attached hydrogens (tertiary/aromatic N) is 2. The average molecular weight is 610 g/mol. The number of halogens is 1. The molecule has 8 heteroatoms. The van der Waals surface area contributed by atoms with E-state index in [0.717, 1.165) is 69.5 Å². The van der Waals surface area contributed by atoms with Crippen molar-refractivity contribution in [3.8, 4) is 11.5 Å². The molecule has 3 atom stereocenters. The molecule has 0 aromatic heterocycles. The molecule has 0 saturated carbocycles. The second-order valence-electron chi connectivity index (χ2n) is 11.2. The molecule has 0 unspecified atom stereocenters. The van der Waals surface area contributed by atoms with Gasteiger partial charge in [-0.2, -0.15) is 0 Å². The molecule has 0 radical (unpaired) electrons. The molecule has 3 heterocycles. The van der Waals surface area contributed by atoms with Crippen LogP contribution in [0.5, 0.6) is 11.5 Å². The Kier molecular flexibility index (Phi) is 8.47. The summed E-state index contributed by atoms with van der Waals surface area (Å²) in [7, 11) is 1.68. The first-order chi connectivity index (χ1) is 19.0. The number of imide groups is 1. The van der Waals surface area contributed by atoms with Gasteiger partial charge in [-0.1, -0.05) is 43.5 Å². The van der Waals surface area contributed by atoms with Crippen molar-refractivity contribution in [2.75, 3.05) is 26.7 Å². The number of unbranched alkanes of at least 4 members (excludes halogenated alkanes) is 5. The summed E-state index contributed by atoms with van der Waals surface area (Å²) in [6.07, 6.45) is 13.8. The fourth-order valence-electron chi connectivity index (χ4n) is 6.75. The van der Waals surface area contributed by atoms with E-state index >= 15 is 0 Å². The van der Waals surface area contributed by atoms with Gasteiger partial charge in [0, 0.05) is 36.9 Å². The fraction of sp³-hybridized carbons (Fsp3) is 0.469. The lowest BCUT2D eigenvalue weighted by Gasteiger charge is -2.34. The lowest BCUT2D eigenvalue weighted by molar-refractivity contribution is -0.524. The normalized spacial score (nSPS) is 23.9. The highest BCUT2D eigenvalue weighted by Gasteiger charge is 2.53. The van der Waals surface area contributed by atoms with Crippen LogP contribution in [0.4, 0.5) is 0 Å². The van der Waals surface area contributed by atoms with Crippen molar-refractivity contribution in [2.45, 2.75) is 69.0 Å². The number of carbonyl (C=O) groups excluding carboxylic acids is 2. The van der Waals surface area contributed by atoms with Crippen LogP contribution in [0.25, 0.3) is 0 Å². The molecule has 1 aliphatic carbocycles. The van der Waals surface area contributed by atoms with Crippen molar-refractivity contribution >= 4 is 18.0 Å². The van der Waals surface area contributed by atoms with Crippen LogP contribution >= 0.6 is 0 Å². The molecular weight excluding hydrogens is 572 g/mol. The summed E-state index contributed by atoms with van der Waals surface area (Å²) in [6.45, 7) is 2.44. The van der Waals surface area contributed by atoms with E-state index in [1.54, 1.807) is 31.4 Å². The largest absolute Gasteiger partial charge is 1.00 e. The summed E-state index contributed by atoms with van der Waals surface area (Å²) >= 11 is 0. The Morgan fingerprint density at radius 3 is 2.45 bits per heavy atom. The van der Waals surface area contributed by atoms with Gasteiger partial charge in [-0.3, -0.25) is 14.5 Å². The van der Waals surface area contributed by atoms with Gasteiger partial charge in [0.15, 0.2) is 17.7 Å². The molecule has 0 bridgehead atoms. The number of hydrogen-bond donors (Lipinski definition) is 1. The van der Waals surface area contributed by atoms with Gasteiger partial charge in [-0.05, 0) is 37.1 Å². The number of carbonyl (C=O) groups is 2. The van der Waals surface area contributed by atoms with Gasteiger partial charge in [0.2, 0.25) is 0 Å². The number of aliphatic hydroxyl groups excluding tert-OH is 1. The molecule has 2 amide bonds. The van der Waals surface area contributed by atoms with Gasteiger partial charge in [0.25, 0.3) is 11.8 Å². The van der Waals surface area contributed by atoms with Crippen molar-refractivity contribution in [2.24, 2.45) is 0 Å². The third-order valence-electron chi connectivity index (χ3n) is 8.83. The molecule has 40 heavy (non-hydrogen) atoms. The number of ether oxygens (including phenoxy) is 2. The summed E-state index contributed by atoms with van der Waals surface area (Å²) in [5.41, 5.74) is 3.23. The van der Waals surface area contributed by atoms with Crippen molar-refractivity contribution < 1.29 is 45.7 Å². The number of hydrogen-bond acceptors (Lipinski definition) is 5. The standard InChI is InChI=1S/C32H37N2O5.BrH/c1-38-26-13-12-22-21-33(19-16-32-15-14-23(35)20-27(32)39-29(26)28(22)32)17-8-4-2-3-5-9-18-34-30(36)24-10-6-7-11-25(24)31(34)37;/h6-7,10-15,21,23,27,35H,2-5,8-9,16-20H2,1H3;1H/q+1;/p-1/t23-,27-,32+;/m0./s1. The number of benzene rings is 2. The maximum Gasteiger partial charge on any atom is 0.261 e. The number of aliphatic hydroxyl groups is 1. The second kappa shape index (κ2) is 11.9. The van der Waals surface area contributed by atoms with Crippen LogP contribution in [0.15, 0.2) is 48.6 Å². The maximum absolute atomic E-state index is 12.5. The van der Waals surface area contributed by atoms with Crippen LogP contribution in [-0.4, -0.2) is 71.6 Å². The molecule has 1 spiro atoms. The van der Waals surface area contributed by atoms with Gasteiger partial charge in [-0.25, -0.2) is 4.58 Å². The summed E-state index contributed by atoms with van der Waals surface area (Å²) < 4.78 is 14.5. The van der Waals surface area contributed by atoms with Gasteiger partial charge in [0.1, 0.15) is 19.2 Å². The highest BCUT2D eigenvalue weighted by molar-refractivity contribution is 6.21. The molecule has 0 saturated heterocycles. The minimum absolute atomic E-state index is 0. The zero-order valence-corrected chi connectivity index (χ0v) is 24.6. The SMILES string of the molecule is COc1ccc2c3c1O[C@H]1C[C@@H](O)C=C[C@]31CC[N+](CCCCCCCCN1C(=O)c3ccccc3C1=O)=C2.[Br-]. The van der Waals surface area contributed by atoms with E-state index in [1.807, 2.05) is 12.1 Å². The number of fused-ring (bicyclic) bond motifs is 1. The van der Waals surface area contributed by atoms with E-state index in [4.69, 9.17) is 9.47 Å². The Labute approximate surface area is 246 Å². The fourth-order valence-corrected chi connectivity index (χ4v) is 6.75. The molecule has 0 fully saturated rings. The third kappa shape index (κ3) is 5.00. The Morgan fingerprint density at radius 1 is 1.02 bits per heavy atom. The van der Waals surface area contributed by atoms with E-state index in [0.29, 0.717) is 24.1 Å². The molecule has 212 valence electrons. The number of amides is 2. The third-order valence-corrected chi connectivity index (χ3v) is 8.83. The van der Waals surface area contributed by atoms with Gasteiger partial charge >= 0.3 is 0 Å². The Hall–Kier alpha value is -2.97. The Bertz CT molecular complexity index is 1320. The average Bonchev–Trinajstić information content (AvgIpc) is 3.33. The highest BCUT2D eigenvalue weighted by Crippen LogP contribution is 2.54. The van der Waals surface area contributed by atoms with Gasteiger partial charge in [0.05, 0.1) is 29.8 Å². The summed E-state index contributed by atoms with van der Waals surface area (Å²) in [5.74, 6) is 1.28. The van der Waals surface area contributed by atoms with E-state index in [-0.39, 0.29) is 40.3 Å². The lowest BCUT2D eigenvalue weighted by Crippen LogP contribution is -3.00. The molecule has 2 aromatic rings. The molecule has 1 N–H and O–H groups in total. The first-order valence-corrected chi connectivity index (χ1v) is 14.3. The predicted molar refractivity (Wildman–Crippen MR) is 148 cm³/mol. The monoisotopic (exact) mass is 608 g/mol. The topological polar surface area (TPSA) is 79.1 Å². The second-order valence-corrected chi connectivity index (χ2v) is 11.2. The highest BCUT2D eigenvalue weighted by atomic mass is 79.9. The van der Waals surface area contributed by atoms with Gasteiger partial charge in [-0.15, -0.1) is 0 Å². The van der Waals surface area contributed by atoms with Crippen LogP contribution in [0.2, 0.25) is 0 Å². The van der Waals surface area contributed by atoms with Crippen LogP contribution in [0.1, 0.15) is 83.2 Å². The zero-order valence-electron chi connectivity index (χ0n) is 23.0. The van der Waals surface area contributed by atoms with Crippen molar-refractivity contribution in [1.82, 2.24) is 4.90 Å². The summed E-state index contributed by atoms with van der Waals surface area (Å²) in [6, 6.07) is 11.2. The first kappa shape index (κ1) is 28.6. The van der Waals surface area contributed by atoms with Crippen molar-refractivity contribution in [3.05, 3.63) is 70.8 Å². The Balaban J connectivity index is 0.00000323. The first-order valence-electron chi connectivity index (χ1n) is 14.3. The molecule has 7 nitrogen and oxygen atoms in total. The molecule has 4 aliphatic rings. The lowest BCUT2D eigenvalue weighted by atomic mass is 9.69. The summed E-state index contributed by atoms with van der Waals surface area (Å²) in [4.78, 5) is 26.4. The van der Waals surface area contributed by atoms with Crippen molar-refractivity contribution in [1.29, 1.82) is 0 Å². The quantitative estimate of drug-likeness (QED) is 0.191. The van der Waals surface area contributed by atoms with E-state index in [2.05, 4.69) is 22.9 Å². The molecule has 6 rings (SSSR count). The van der Waals surface area contributed by atoms with Crippen LogP contribution in [0, 0.1) is 0 Å². The molecule has 3 aliphatic heterocycles. The van der Waals surface area contributed by atoms with E-state index in [1.165, 1.54) is 16.0 Å². The van der Waals surface area contributed by atoms with E-state index in [9.17, 15) is 14.7 Å². The maximum atomic E-state index is 12.5. The van der Waals surface area contributed by atoms with Crippen molar-refractivity contribution in [3.63, 3.8) is 0 Å². The smallest absolute Gasteiger partial charge is 0.261 e. The van der Waals surface area contributed by atoms with Gasteiger partial charge < -0.3 is 31.6 Å². The zero-order chi connectivity index (χ0) is 27.0. The molecular formula is C32H37BrN2O5. The van der Waals surface area contributed by atoms with E-state index < -0.39 is 6.10 Å².